The van der Waals surface area contributed by atoms with Crippen molar-refractivity contribution < 1.29 is 0 Å². The molecule has 0 amide bonds. The highest BCUT2D eigenvalue weighted by Crippen LogP contribution is 2.25. The molecule has 0 aliphatic heterocycles. The molecule has 0 spiro atoms. The van der Waals surface area contributed by atoms with Crippen LogP contribution in [0.25, 0.3) is 0 Å². The van der Waals surface area contributed by atoms with Gasteiger partial charge in [0.25, 0.3) is 0 Å². The Hall–Kier alpha value is -1.99. The predicted molar refractivity (Wildman–Crippen MR) is 76.1 cm³/mol. The van der Waals surface area contributed by atoms with E-state index in [4.69, 9.17) is 11.6 Å². The minimum Gasteiger partial charge on any atom is -0.366 e. The van der Waals surface area contributed by atoms with E-state index < -0.39 is 6.04 Å². The maximum absolute atomic E-state index is 9.38. The molecule has 1 atom stereocenters. The number of hydrogen-bond acceptors (Lipinski definition) is 3. The highest BCUT2D eigenvalue weighted by Gasteiger charge is 2.19. The lowest BCUT2D eigenvalue weighted by Gasteiger charge is -2.13. The Labute approximate surface area is 117 Å². The Morgan fingerprint density at radius 2 is 1.95 bits per heavy atom. The Morgan fingerprint density at radius 3 is 2.42 bits per heavy atom. The van der Waals surface area contributed by atoms with E-state index in [-0.39, 0.29) is 0 Å². The molecule has 4 nitrogen and oxygen atoms in total. The monoisotopic (exact) mass is 274 g/mol. The molecule has 98 valence electrons. The zero-order valence-electron chi connectivity index (χ0n) is 11.1. The summed E-state index contributed by atoms with van der Waals surface area (Å²) < 4.78 is 1.79. The summed E-state index contributed by atoms with van der Waals surface area (Å²) in [5.74, 6) is 0. The Kier molecular flexibility index (Phi) is 3.77. The number of aryl methyl sites for hydroxylation is 2. The van der Waals surface area contributed by atoms with Crippen LogP contribution in [0.3, 0.4) is 0 Å². The van der Waals surface area contributed by atoms with Crippen LogP contribution < -0.4 is 5.32 Å². The first-order valence-electron chi connectivity index (χ1n) is 5.94. The van der Waals surface area contributed by atoms with Gasteiger partial charge in [-0.15, -0.1) is 0 Å². The minimum atomic E-state index is -0.421. The second kappa shape index (κ2) is 5.33. The van der Waals surface area contributed by atoms with Crippen molar-refractivity contribution in [2.75, 3.05) is 5.32 Å². The SMILES string of the molecule is Cc1nn(C)c(C)c1C(C#N)Nc1ccc(Cl)cc1. The van der Waals surface area contributed by atoms with Gasteiger partial charge >= 0.3 is 0 Å². The van der Waals surface area contributed by atoms with E-state index in [1.165, 1.54) is 0 Å². The van der Waals surface area contributed by atoms with Crippen LogP contribution in [0.5, 0.6) is 0 Å². The highest BCUT2D eigenvalue weighted by atomic mass is 35.5. The van der Waals surface area contributed by atoms with Crippen LogP contribution in [-0.4, -0.2) is 9.78 Å². The van der Waals surface area contributed by atoms with Crippen molar-refractivity contribution in [2.24, 2.45) is 7.05 Å². The molecule has 0 aliphatic rings. The fraction of sp³-hybridized carbons (Fsp3) is 0.286. The van der Waals surface area contributed by atoms with Crippen LogP contribution in [-0.2, 0) is 7.05 Å². The van der Waals surface area contributed by atoms with Gasteiger partial charge in [0.1, 0.15) is 6.04 Å². The van der Waals surface area contributed by atoms with E-state index in [1.807, 2.05) is 33.0 Å². The van der Waals surface area contributed by atoms with Gasteiger partial charge in [-0.1, -0.05) is 11.6 Å². The third kappa shape index (κ3) is 2.72. The lowest BCUT2D eigenvalue weighted by atomic mass is 10.1. The van der Waals surface area contributed by atoms with Crippen molar-refractivity contribution in [3.63, 3.8) is 0 Å². The Morgan fingerprint density at radius 1 is 1.32 bits per heavy atom. The van der Waals surface area contributed by atoms with Crippen molar-refractivity contribution in [1.29, 1.82) is 5.26 Å². The molecule has 0 radical (unpaired) electrons. The lowest BCUT2D eigenvalue weighted by Crippen LogP contribution is -2.10. The number of halogens is 1. The van der Waals surface area contributed by atoms with Crippen molar-refractivity contribution >= 4 is 17.3 Å². The van der Waals surface area contributed by atoms with Crippen LogP contribution >= 0.6 is 11.6 Å². The summed E-state index contributed by atoms with van der Waals surface area (Å²) in [5, 5.41) is 17.6. The van der Waals surface area contributed by atoms with Crippen LogP contribution in [0.1, 0.15) is 23.0 Å². The maximum atomic E-state index is 9.38. The van der Waals surface area contributed by atoms with Gasteiger partial charge in [0.2, 0.25) is 0 Å². The van der Waals surface area contributed by atoms with Gasteiger partial charge in [0.15, 0.2) is 0 Å². The number of anilines is 1. The number of benzene rings is 1. The van der Waals surface area contributed by atoms with E-state index in [0.717, 1.165) is 22.6 Å². The summed E-state index contributed by atoms with van der Waals surface area (Å²) in [4.78, 5) is 0. The topological polar surface area (TPSA) is 53.6 Å². The van der Waals surface area contributed by atoms with Gasteiger partial charge in [0.05, 0.1) is 11.8 Å². The van der Waals surface area contributed by atoms with Crippen molar-refractivity contribution in [3.05, 3.63) is 46.2 Å². The second-order valence-corrected chi connectivity index (χ2v) is 4.86. The van der Waals surface area contributed by atoms with E-state index in [0.29, 0.717) is 5.02 Å². The standard InChI is InChI=1S/C14H15ClN4/c1-9-14(10(2)19(3)18-9)13(8-16)17-12-6-4-11(15)5-7-12/h4-7,13,17H,1-3H3. The number of hydrogen-bond donors (Lipinski definition) is 1. The molecule has 1 heterocycles. The number of nitriles is 1. The molecule has 2 aromatic rings. The van der Waals surface area contributed by atoms with Gasteiger partial charge in [-0.05, 0) is 38.1 Å². The first-order chi connectivity index (χ1) is 9.02. The van der Waals surface area contributed by atoms with Gasteiger partial charge < -0.3 is 5.32 Å². The summed E-state index contributed by atoms with van der Waals surface area (Å²) in [6.07, 6.45) is 0. The quantitative estimate of drug-likeness (QED) is 0.934. The van der Waals surface area contributed by atoms with Crippen molar-refractivity contribution in [1.82, 2.24) is 9.78 Å². The van der Waals surface area contributed by atoms with Crippen LogP contribution in [0.4, 0.5) is 5.69 Å². The summed E-state index contributed by atoms with van der Waals surface area (Å²) >= 11 is 5.85. The summed E-state index contributed by atoms with van der Waals surface area (Å²) in [6.45, 7) is 3.87. The molecule has 19 heavy (non-hydrogen) atoms. The highest BCUT2D eigenvalue weighted by molar-refractivity contribution is 6.30. The zero-order chi connectivity index (χ0) is 14.0. The molecule has 5 heteroatoms. The molecular weight excluding hydrogens is 260 g/mol. The Balaban J connectivity index is 2.31. The lowest BCUT2D eigenvalue weighted by molar-refractivity contribution is 0.729. The van der Waals surface area contributed by atoms with E-state index in [1.54, 1.807) is 16.8 Å². The average molecular weight is 275 g/mol. The molecule has 0 aliphatic carbocycles. The normalized spacial score (nSPS) is 11.9. The largest absolute Gasteiger partial charge is 0.366 e. The van der Waals surface area contributed by atoms with Crippen molar-refractivity contribution in [3.8, 4) is 6.07 Å². The molecule has 0 saturated heterocycles. The molecule has 1 aromatic heterocycles. The molecule has 1 aromatic carbocycles. The van der Waals surface area contributed by atoms with Gasteiger partial charge in [0, 0.05) is 29.0 Å². The molecule has 1 unspecified atom stereocenters. The minimum absolute atomic E-state index is 0.421. The molecule has 0 fully saturated rings. The number of aromatic nitrogens is 2. The van der Waals surface area contributed by atoms with Gasteiger partial charge in [-0.3, -0.25) is 4.68 Å². The van der Waals surface area contributed by atoms with E-state index >= 15 is 0 Å². The number of rotatable bonds is 3. The van der Waals surface area contributed by atoms with E-state index in [9.17, 15) is 5.26 Å². The summed E-state index contributed by atoms with van der Waals surface area (Å²) in [7, 11) is 1.88. The van der Waals surface area contributed by atoms with Crippen molar-refractivity contribution in [2.45, 2.75) is 19.9 Å². The molecule has 0 saturated carbocycles. The fourth-order valence-corrected chi connectivity index (χ4v) is 2.22. The first-order valence-corrected chi connectivity index (χ1v) is 6.32. The van der Waals surface area contributed by atoms with E-state index in [2.05, 4.69) is 16.5 Å². The second-order valence-electron chi connectivity index (χ2n) is 4.42. The average Bonchev–Trinajstić information content (AvgIpc) is 2.63. The molecule has 0 bridgehead atoms. The molecule has 2 rings (SSSR count). The predicted octanol–water partition coefficient (Wildman–Crippen LogP) is 3.37. The van der Waals surface area contributed by atoms with Crippen LogP contribution in [0.2, 0.25) is 5.02 Å². The zero-order valence-corrected chi connectivity index (χ0v) is 11.9. The van der Waals surface area contributed by atoms with Gasteiger partial charge in [-0.2, -0.15) is 10.4 Å². The number of nitrogens with zero attached hydrogens (tertiary/aromatic N) is 3. The first kappa shape index (κ1) is 13.4. The van der Waals surface area contributed by atoms with Crippen LogP contribution in [0, 0.1) is 25.2 Å². The maximum Gasteiger partial charge on any atom is 0.143 e. The smallest absolute Gasteiger partial charge is 0.143 e. The molecule has 1 N–H and O–H groups in total. The summed E-state index contributed by atoms with van der Waals surface area (Å²) in [6, 6.07) is 9.15. The number of nitrogens with one attached hydrogen (secondary N) is 1. The van der Waals surface area contributed by atoms with Crippen LogP contribution in [0.15, 0.2) is 24.3 Å². The third-order valence-electron chi connectivity index (χ3n) is 3.14. The third-order valence-corrected chi connectivity index (χ3v) is 3.39. The fourth-order valence-electron chi connectivity index (χ4n) is 2.09. The summed E-state index contributed by atoms with van der Waals surface area (Å²) in [5.41, 5.74) is 3.65. The Bertz CT molecular complexity index is 622. The molecular formula is C14H15ClN4. The van der Waals surface area contributed by atoms with Gasteiger partial charge in [-0.25, -0.2) is 0 Å².